The first-order valence-electron chi connectivity index (χ1n) is 6.71. The van der Waals surface area contributed by atoms with Crippen molar-refractivity contribution >= 4 is 23.2 Å². The zero-order valence-electron chi connectivity index (χ0n) is 11.6. The van der Waals surface area contributed by atoms with Crippen LogP contribution in [0, 0.1) is 5.92 Å². The Hall–Kier alpha value is -1.30. The number of benzene rings is 1. The highest BCUT2D eigenvalue weighted by molar-refractivity contribution is 6.31. The van der Waals surface area contributed by atoms with E-state index < -0.39 is 0 Å². The van der Waals surface area contributed by atoms with E-state index in [1.165, 1.54) is 0 Å². The number of nitrogens with one attached hydrogen (secondary N) is 1. The summed E-state index contributed by atoms with van der Waals surface area (Å²) in [5, 5.41) is 0.516. The van der Waals surface area contributed by atoms with Crippen LogP contribution in [0.2, 0.25) is 5.02 Å². The van der Waals surface area contributed by atoms with E-state index in [2.05, 4.69) is 5.43 Å². The minimum Gasteiger partial charge on any atom is -0.381 e. The monoisotopic (exact) mass is 297 g/mol. The van der Waals surface area contributed by atoms with Crippen molar-refractivity contribution in [2.75, 3.05) is 32.2 Å². The van der Waals surface area contributed by atoms with Crippen LogP contribution < -0.4 is 11.3 Å². The van der Waals surface area contributed by atoms with E-state index in [-0.39, 0.29) is 5.91 Å². The quantitative estimate of drug-likeness (QED) is 0.660. The molecule has 1 aromatic carbocycles. The zero-order valence-corrected chi connectivity index (χ0v) is 12.3. The van der Waals surface area contributed by atoms with Crippen molar-refractivity contribution in [3.63, 3.8) is 0 Å². The molecule has 1 saturated heterocycles. The Bertz CT molecular complexity index is 475. The highest BCUT2D eigenvalue weighted by atomic mass is 35.5. The van der Waals surface area contributed by atoms with E-state index in [9.17, 15) is 4.79 Å². The fourth-order valence-corrected chi connectivity index (χ4v) is 2.62. The van der Waals surface area contributed by atoms with Gasteiger partial charge in [-0.05, 0) is 37.0 Å². The molecule has 0 bridgehead atoms. The van der Waals surface area contributed by atoms with E-state index in [4.69, 9.17) is 22.2 Å². The molecule has 1 fully saturated rings. The van der Waals surface area contributed by atoms with Gasteiger partial charge < -0.3 is 15.1 Å². The Balaban J connectivity index is 2.07. The smallest absolute Gasteiger partial charge is 0.255 e. The van der Waals surface area contributed by atoms with Crippen LogP contribution in [0.15, 0.2) is 18.2 Å². The molecule has 0 aromatic heterocycles. The Morgan fingerprint density at radius 2 is 2.40 bits per heavy atom. The summed E-state index contributed by atoms with van der Waals surface area (Å²) < 4.78 is 5.44. The lowest BCUT2D eigenvalue weighted by atomic mass is 10.0. The van der Waals surface area contributed by atoms with Gasteiger partial charge in [-0.15, -0.1) is 0 Å². The summed E-state index contributed by atoms with van der Waals surface area (Å²) in [6, 6.07) is 5.03. The van der Waals surface area contributed by atoms with Gasteiger partial charge >= 0.3 is 0 Å². The van der Waals surface area contributed by atoms with Gasteiger partial charge in [-0.2, -0.15) is 0 Å². The van der Waals surface area contributed by atoms with Crippen LogP contribution in [0.3, 0.4) is 0 Å². The molecule has 1 unspecified atom stereocenters. The molecule has 5 nitrogen and oxygen atoms in total. The molecule has 0 saturated carbocycles. The van der Waals surface area contributed by atoms with Gasteiger partial charge in [0.2, 0.25) is 0 Å². The van der Waals surface area contributed by atoms with Gasteiger partial charge in [0.1, 0.15) is 0 Å². The summed E-state index contributed by atoms with van der Waals surface area (Å²) >= 11 is 5.96. The highest BCUT2D eigenvalue weighted by Crippen LogP contribution is 2.22. The topological polar surface area (TPSA) is 67.6 Å². The molecule has 20 heavy (non-hydrogen) atoms. The van der Waals surface area contributed by atoms with E-state index in [1.807, 2.05) is 0 Å². The molecule has 6 heteroatoms. The van der Waals surface area contributed by atoms with Gasteiger partial charge in [-0.3, -0.25) is 10.6 Å². The SMILES string of the molecule is CN(CC1CCCOC1)C(=O)c1cc(Cl)ccc1NN. The van der Waals surface area contributed by atoms with Crippen molar-refractivity contribution in [1.82, 2.24) is 4.90 Å². The maximum Gasteiger partial charge on any atom is 0.255 e. The standard InChI is InChI=1S/C14H20ClN3O2/c1-18(8-10-3-2-6-20-9-10)14(19)12-7-11(15)4-5-13(12)17-16/h4-5,7,10,17H,2-3,6,8-9,16H2,1H3. The lowest BCUT2D eigenvalue weighted by Crippen LogP contribution is -2.35. The van der Waals surface area contributed by atoms with Crippen LogP contribution in [0.25, 0.3) is 0 Å². The maximum atomic E-state index is 12.5. The molecule has 0 aliphatic carbocycles. The van der Waals surface area contributed by atoms with Crippen LogP contribution in [0.5, 0.6) is 0 Å². The molecule has 1 aliphatic rings. The predicted molar refractivity (Wildman–Crippen MR) is 79.8 cm³/mol. The second-order valence-electron chi connectivity index (χ2n) is 5.10. The number of nitrogens with zero attached hydrogens (tertiary/aromatic N) is 1. The molecule has 1 amide bonds. The largest absolute Gasteiger partial charge is 0.381 e. The van der Waals surface area contributed by atoms with Gasteiger partial charge in [0, 0.05) is 25.2 Å². The second kappa shape index (κ2) is 6.92. The van der Waals surface area contributed by atoms with Crippen molar-refractivity contribution in [2.24, 2.45) is 11.8 Å². The number of carbonyl (C=O) groups is 1. The molecular formula is C14H20ClN3O2. The molecular weight excluding hydrogens is 278 g/mol. The summed E-state index contributed by atoms with van der Waals surface area (Å²) in [4.78, 5) is 14.2. The van der Waals surface area contributed by atoms with E-state index in [1.54, 1.807) is 30.1 Å². The van der Waals surface area contributed by atoms with Crippen molar-refractivity contribution in [3.8, 4) is 0 Å². The first-order chi connectivity index (χ1) is 9.61. The fraction of sp³-hybridized carbons (Fsp3) is 0.500. The molecule has 1 aliphatic heterocycles. The molecule has 2 rings (SSSR count). The third-order valence-electron chi connectivity index (χ3n) is 3.50. The number of rotatable bonds is 4. The van der Waals surface area contributed by atoms with Crippen molar-refractivity contribution in [2.45, 2.75) is 12.8 Å². The third-order valence-corrected chi connectivity index (χ3v) is 3.74. The average Bonchev–Trinajstić information content (AvgIpc) is 2.47. The number of ether oxygens (including phenoxy) is 1. The van der Waals surface area contributed by atoms with E-state index >= 15 is 0 Å². The normalized spacial score (nSPS) is 18.6. The number of hydrogen-bond donors (Lipinski definition) is 2. The Kier molecular flexibility index (Phi) is 5.23. The van der Waals surface area contributed by atoms with Gasteiger partial charge in [0.05, 0.1) is 17.9 Å². The Morgan fingerprint density at radius 3 is 3.05 bits per heavy atom. The average molecular weight is 298 g/mol. The first-order valence-corrected chi connectivity index (χ1v) is 7.09. The Labute approximate surface area is 124 Å². The molecule has 1 heterocycles. The molecule has 3 N–H and O–H groups in total. The maximum absolute atomic E-state index is 12.5. The summed E-state index contributed by atoms with van der Waals surface area (Å²) in [6.07, 6.45) is 2.15. The molecule has 0 radical (unpaired) electrons. The Morgan fingerprint density at radius 1 is 1.60 bits per heavy atom. The summed E-state index contributed by atoms with van der Waals surface area (Å²) in [5.41, 5.74) is 3.59. The van der Waals surface area contributed by atoms with Crippen LogP contribution in [-0.2, 0) is 4.74 Å². The zero-order chi connectivity index (χ0) is 14.5. The number of hydrazine groups is 1. The van der Waals surface area contributed by atoms with Gasteiger partial charge in [0.15, 0.2) is 0 Å². The number of anilines is 1. The fourth-order valence-electron chi connectivity index (χ4n) is 2.45. The summed E-state index contributed by atoms with van der Waals surface area (Å²) in [7, 11) is 1.79. The second-order valence-corrected chi connectivity index (χ2v) is 5.54. The van der Waals surface area contributed by atoms with Crippen LogP contribution >= 0.6 is 11.6 Å². The number of nitrogen functional groups attached to an aromatic ring is 1. The number of amides is 1. The minimum absolute atomic E-state index is 0.0916. The summed E-state index contributed by atoms with van der Waals surface area (Å²) in [6.45, 7) is 2.22. The summed E-state index contributed by atoms with van der Waals surface area (Å²) in [5.74, 6) is 5.74. The van der Waals surface area contributed by atoms with E-state index in [0.717, 1.165) is 26.1 Å². The van der Waals surface area contributed by atoms with Crippen molar-refractivity contribution < 1.29 is 9.53 Å². The lowest BCUT2D eigenvalue weighted by molar-refractivity contribution is 0.0389. The minimum atomic E-state index is -0.0916. The number of hydrogen-bond acceptors (Lipinski definition) is 4. The molecule has 1 atom stereocenters. The van der Waals surface area contributed by atoms with Crippen LogP contribution in [0.1, 0.15) is 23.2 Å². The van der Waals surface area contributed by atoms with Gasteiger partial charge in [0.25, 0.3) is 5.91 Å². The first kappa shape index (κ1) is 15.1. The number of carbonyl (C=O) groups excluding carboxylic acids is 1. The van der Waals surface area contributed by atoms with Crippen molar-refractivity contribution in [1.29, 1.82) is 0 Å². The lowest BCUT2D eigenvalue weighted by Gasteiger charge is -2.27. The van der Waals surface area contributed by atoms with Crippen LogP contribution in [-0.4, -0.2) is 37.6 Å². The number of halogens is 1. The molecule has 1 aromatic rings. The van der Waals surface area contributed by atoms with E-state index in [0.29, 0.717) is 28.7 Å². The van der Waals surface area contributed by atoms with Gasteiger partial charge in [-0.25, -0.2) is 0 Å². The molecule has 0 spiro atoms. The van der Waals surface area contributed by atoms with Gasteiger partial charge in [-0.1, -0.05) is 11.6 Å². The third kappa shape index (κ3) is 3.62. The highest BCUT2D eigenvalue weighted by Gasteiger charge is 2.21. The van der Waals surface area contributed by atoms with Crippen LogP contribution in [0.4, 0.5) is 5.69 Å². The molecule has 110 valence electrons. The predicted octanol–water partition coefficient (Wildman–Crippen LogP) is 2.12. The van der Waals surface area contributed by atoms with Crippen molar-refractivity contribution in [3.05, 3.63) is 28.8 Å². The number of nitrogens with two attached hydrogens (primary N) is 1.